The first-order chi connectivity index (χ1) is 20.2. The number of nitrogens with zero attached hydrogens (tertiary/aromatic N) is 2. The van der Waals surface area contributed by atoms with E-state index in [4.69, 9.17) is 14.0 Å². The van der Waals surface area contributed by atoms with Crippen LogP contribution in [0.15, 0.2) is 59.1 Å². The largest absolute Gasteiger partial charge is 0.492 e. The Morgan fingerprint density at radius 1 is 0.929 bits per heavy atom. The fourth-order valence-corrected chi connectivity index (χ4v) is 4.88. The maximum Gasteiger partial charge on any atom is 0.324 e. The molecule has 1 aliphatic rings. The molecule has 0 saturated carbocycles. The van der Waals surface area contributed by atoms with Gasteiger partial charge in [-0.05, 0) is 48.5 Å². The highest BCUT2D eigenvalue weighted by Crippen LogP contribution is 2.26. The molecule has 4 N–H and O–H groups in total. The van der Waals surface area contributed by atoms with Gasteiger partial charge >= 0.3 is 6.03 Å². The number of anilines is 2. The molecule has 0 bridgehead atoms. The molecule has 2 aromatic carbocycles. The molecular weight excluding hydrogens is 536 g/mol. The number of carbonyl (C=O) groups is 2. The van der Waals surface area contributed by atoms with Crippen molar-refractivity contribution in [2.24, 2.45) is 0 Å². The molecule has 42 heavy (non-hydrogen) atoms. The lowest BCUT2D eigenvalue weighted by molar-refractivity contribution is 0.0322. The Morgan fingerprint density at radius 2 is 1.62 bits per heavy atom. The first-order valence-corrected chi connectivity index (χ1v) is 14.0. The van der Waals surface area contributed by atoms with Gasteiger partial charge in [0.2, 0.25) is 5.78 Å². The quantitative estimate of drug-likeness (QED) is 0.180. The van der Waals surface area contributed by atoms with Crippen molar-refractivity contribution in [2.45, 2.75) is 26.2 Å². The summed E-state index contributed by atoms with van der Waals surface area (Å²) in [5.41, 5.74) is 2.91. The molecule has 1 aliphatic heterocycles. The molecule has 1 fully saturated rings. The van der Waals surface area contributed by atoms with E-state index in [1.54, 1.807) is 24.3 Å². The number of aromatic nitrogens is 3. The van der Waals surface area contributed by atoms with E-state index in [2.05, 4.69) is 30.7 Å². The van der Waals surface area contributed by atoms with Crippen molar-refractivity contribution in [2.75, 3.05) is 50.1 Å². The van der Waals surface area contributed by atoms with Crippen molar-refractivity contribution >= 4 is 45.1 Å². The highest BCUT2D eigenvalue weighted by Gasteiger charge is 2.21. The average Bonchev–Trinajstić information content (AvgIpc) is 3.71. The van der Waals surface area contributed by atoms with Crippen LogP contribution in [-0.4, -0.2) is 71.3 Å². The third-order valence-electron chi connectivity index (χ3n) is 7.23. The van der Waals surface area contributed by atoms with Crippen LogP contribution >= 0.6 is 0 Å². The molecule has 11 heteroatoms. The Labute approximate surface area is 242 Å². The van der Waals surface area contributed by atoms with Gasteiger partial charge in [0.1, 0.15) is 18.1 Å². The van der Waals surface area contributed by atoms with E-state index in [1.807, 2.05) is 51.1 Å². The number of morpholine rings is 1. The number of nitrogens with one attached hydrogen (secondary N) is 4. The second-order valence-corrected chi connectivity index (χ2v) is 11.5. The van der Waals surface area contributed by atoms with Crippen LogP contribution in [-0.2, 0) is 10.2 Å². The minimum Gasteiger partial charge on any atom is -0.492 e. The van der Waals surface area contributed by atoms with Gasteiger partial charge in [-0.1, -0.05) is 25.9 Å². The molecule has 2 amide bonds. The minimum absolute atomic E-state index is 0.162. The summed E-state index contributed by atoms with van der Waals surface area (Å²) in [6, 6.07) is 16.0. The molecule has 0 unspecified atom stereocenters. The van der Waals surface area contributed by atoms with Crippen LogP contribution in [0.4, 0.5) is 16.3 Å². The van der Waals surface area contributed by atoms with Gasteiger partial charge in [-0.2, -0.15) is 0 Å². The average molecular weight is 571 g/mol. The summed E-state index contributed by atoms with van der Waals surface area (Å²) >= 11 is 0. The van der Waals surface area contributed by atoms with Crippen LogP contribution in [0.3, 0.4) is 0 Å². The summed E-state index contributed by atoms with van der Waals surface area (Å²) in [4.78, 5) is 34.6. The second kappa shape index (κ2) is 11.3. The number of aromatic amines is 2. The van der Waals surface area contributed by atoms with Crippen molar-refractivity contribution in [3.63, 3.8) is 0 Å². The third kappa shape index (κ3) is 6.17. The first kappa shape index (κ1) is 27.6. The summed E-state index contributed by atoms with van der Waals surface area (Å²) < 4.78 is 16.7. The number of carbonyl (C=O) groups excluding carboxylic acids is 2. The number of benzene rings is 2. The Hall–Kier alpha value is -4.61. The number of amides is 2. The van der Waals surface area contributed by atoms with Gasteiger partial charge in [0.15, 0.2) is 5.82 Å². The first-order valence-electron chi connectivity index (χ1n) is 14.0. The molecule has 11 nitrogen and oxygen atoms in total. The Bertz CT molecular complexity index is 1740. The number of hydrogen-bond donors (Lipinski definition) is 4. The Kier molecular flexibility index (Phi) is 7.44. The van der Waals surface area contributed by atoms with Crippen LogP contribution < -0.4 is 15.4 Å². The van der Waals surface area contributed by atoms with Gasteiger partial charge in [-0.25, -0.2) is 4.79 Å². The molecule has 4 heterocycles. The van der Waals surface area contributed by atoms with Gasteiger partial charge in [0, 0.05) is 58.6 Å². The van der Waals surface area contributed by atoms with Gasteiger partial charge < -0.3 is 29.3 Å². The second-order valence-electron chi connectivity index (χ2n) is 11.5. The zero-order valence-corrected chi connectivity index (χ0v) is 23.9. The molecule has 218 valence electrons. The number of urea groups is 1. The van der Waals surface area contributed by atoms with Crippen molar-refractivity contribution in [1.82, 2.24) is 20.0 Å². The summed E-state index contributed by atoms with van der Waals surface area (Å²) in [6.45, 7) is 10.8. The number of rotatable bonds is 8. The summed E-state index contributed by atoms with van der Waals surface area (Å²) in [6.07, 6.45) is 0. The van der Waals surface area contributed by atoms with E-state index in [-0.39, 0.29) is 11.2 Å². The van der Waals surface area contributed by atoms with Gasteiger partial charge in [-0.15, -0.1) is 0 Å². The number of fused-ring (bicyclic) bond motifs is 2. The monoisotopic (exact) mass is 570 g/mol. The molecule has 0 atom stereocenters. The van der Waals surface area contributed by atoms with E-state index in [9.17, 15) is 9.59 Å². The third-order valence-corrected chi connectivity index (χ3v) is 7.23. The maximum atomic E-state index is 13.4. The van der Waals surface area contributed by atoms with Crippen LogP contribution in [0, 0.1) is 0 Å². The molecule has 5 aromatic rings. The number of ketones is 1. The van der Waals surface area contributed by atoms with Crippen LogP contribution in [0.2, 0.25) is 0 Å². The molecule has 0 spiro atoms. The highest BCUT2D eigenvalue weighted by molar-refractivity contribution is 6.11. The lowest BCUT2D eigenvalue weighted by Gasteiger charge is -2.26. The molecular formula is C31H34N6O5. The van der Waals surface area contributed by atoms with Gasteiger partial charge in [0.25, 0.3) is 0 Å². The Morgan fingerprint density at radius 3 is 2.31 bits per heavy atom. The Balaban J connectivity index is 1.10. The van der Waals surface area contributed by atoms with E-state index >= 15 is 0 Å². The number of H-pyrrole nitrogens is 2. The van der Waals surface area contributed by atoms with Crippen LogP contribution in [0.5, 0.6) is 5.75 Å². The minimum atomic E-state index is -0.447. The highest BCUT2D eigenvalue weighted by atomic mass is 16.5. The van der Waals surface area contributed by atoms with Crippen LogP contribution in [0.1, 0.15) is 42.7 Å². The van der Waals surface area contributed by atoms with Gasteiger partial charge in [0.05, 0.1) is 24.6 Å². The molecule has 3 aromatic heterocycles. The number of ether oxygens (including phenoxy) is 2. The van der Waals surface area contributed by atoms with Gasteiger partial charge in [-0.3, -0.25) is 15.0 Å². The molecule has 6 rings (SSSR count). The van der Waals surface area contributed by atoms with Crippen molar-refractivity contribution in [1.29, 1.82) is 0 Å². The maximum absolute atomic E-state index is 13.4. The van der Waals surface area contributed by atoms with E-state index in [1.165, 1.54) is 0 Å². The summed E-state index contributed by atoms with van der Waals surface area (Å²) in [5, 5.41) is 11.1. The predicted octanol–water partition coefficient (Wildman–Crippen LogP) is 5.52. The van der Waals surface area contributed by atoms with Crippen molar-refractivity contribution in [3.05, 3.63) is 71.7 Å². The zero-order valence-electron chi connectivity index (χ0n) is 23.9. The summed E-state index contributed by atoms with van der Waals surface area (Å²) in [7, 11) is 0. The molecule has 0 aliphatic carbocycles. The standard InChI is InChI=1S/C31H34N6O5/c1-31(2,3)27-18-28(36-42-27)35-30(39)32-21-4-6-23-19(14-21)16-25(33-23)29(38)26-17-20-15-22(5-7-24(20)34-26)41-13-10-37-8-11-40-12-9-37/h4-7,14-18,33-34H,8-13H2,1-3H3,(H2,32,35,36,39). The fraction of sp³-hybridized carbons (Fsp3) is 0.323. The fourth-order valence-electron chi connectivity index (χ4n) is 4.88. The van der Waals surface area contributed by atoms with E-state index in [0.29, 0.717) is 35.3 Å². The van der Waals surface area contributed by atoms with Crippen molar-refractivity contribution < 1.29 is 23.6 Å². The number of hydrogen-bond acceptors (Lipinski definition) is 7. The van der Waals surface area contributed by atoms with Crippen LogP contribution in [0.25, 0.3) is 21.8 Å². The topological polar surface area (TPSA) is 138 Å². The normalized spacial score (nSPS) is 14.4. The lowest BCUT2D eigenvalue weighted by Crippen LogP contribution is -2.38. The molecule has 1 saturated heterocycles. The van der Waals surface area contributed by atoms with E-state index in [0.717, 1.165) is 60.4 Å². The van der Waals surface area contributed by atoms with E-state index < -0.39 is 6.03 Å². The summed E-state index contributed by atoms with van der Waals surface area (Å²) in [5.74, 6) is 1.61. The SMILES string of the molecule is CC(C)(C)c1cc(NC(=O)Nc2ccc3[nH]c(C(=O)c4cc5cc(OCCN6CCOCC6)ccc5[nH]4)cc3c2)no1. The predicted molar refractivity (Wildman–Crippen MR) is 161 cm³/mol. The smallest absolute Gasteiger partial charge is 0.324 e. The lowest BCUT2D eigenvalue weighted by atomic mass is 9.93. The molecule has 0 radical (unpaired) electrons. The van der Waals surface area contributed by atoms with Crippen molar-refractivity contribution in [3.8, 4) is 5.75 Å². The zero-order chi connectivity index (χ0) is 29.3.